The van der Waals surface area contributed by atoms with Gasteiger partial charge in [-0.2, -0.15) is 0 Å². The van der Waals surface area contributed by atoms with E-state index in [9.17, 15) is 4.79 Å². The number of likely N-dealkylation sites (tertiary alicyclic amines) is 1. The maximum absolute atomic E-state index is 13.2. The van der Waals surface area contributed by atoms with Crippen molar-refractivity contribution in [2.24, 2.45) is 0 Å². The van der Waals surface area contributed by atoms with Gasteiger partial charge in [0.2, 0.25) is 5.91 Å². The van der Waals surface area contributed by atoms with Crippen molar-refractivity contribution in [2.45, 2.75) is 31.9 Å². The minimum atomic E-state index is -0.183. The Labute approximate surface area is 231 Å². The molecule has 2 rings (SSSR count). The van der Waals surface area contributed by atoms with E-state index in [1.165, 1.54) is 0 Å². The molecule has 1 amide bonds. The third-order valence-corrected chi connectivity index (χ3v) is 6.83. The highest BCUT2D eigenvalue weighted by Crippen LogP contribution is 2.24. The molecule has 0 bridgehead atoms. The molecule has 2 atom stereocenters. The number of halogens is 2. The van der Waals surface area contributed by atoms with E-state index in [1.807, 2.05) is 44.3 Å². The summed E-state index contributed by atoms with van der Waals surface area (Å²) in [5.41, 5.74) is 1.68. The van der Waals surface area contributed by atoms with E-state index in [2.05, 4.69) is 11.5 Å². The van der Waals surface area contributed by atoms with Gasteiger partial charge in [0.15, 0.2) is 0 Å². The molecule has 0 saturated carbocycles. The zero-order valence-electron chi connectivity index (χ0n) is 21.9. The van der Waals surface area contributed by atoms with Crippen LogP contribution in [0.1, 0.15) is 18.9 Å². The first kappa shape index (κ1) is 31.5. The average Bonchev–Trinajstić information content (AvgIpc) is 3.33. The molecular formula is C28H40Cl2N2O5. The Kier molecular flexibility index (Phi) is 15.1. The summed E-state index contributed by atoms with van der Waals surface area (Å²) < 4.78 is 16.7. The van der Waals surface area contributed by atoms with Crippen LogP contribution in [-0.4, -0.2) is 99.3 Å². The van der Waals surface area contributed by atoms with E-state index in [0.29, 0.717) is 49.6 Å². The van der Waals surface area contributed by atoms with Crippen LogP contribution in [0.2, 0.25) is 10.0 Å². The van der Waals surface area contributed by atoms with Gasteiger partial charge >= 0.3 is 0 Å². The van der Waals surface area contributed by atoms with E-state index in [4.69, 9.17) is 42.5 Å². The summed E-state index contributed by atoms with van der Waals surface area (Å²) in [6, 6.07) is 5.09. The summed E-state index contributed by atoms with van der Waals surface area (Å²) in [6.45, 7) is 10.9. The first-order chi connectivity index (χ1) is 17.8. The van der Waals surface area contributed by atoms with Crippen molar-refractivity contribution in [2.75, 3.05) is 66.3 Å². The molecule has 1 heterocycles. The van der Waals surface area contributed by atoms with Gasteiger partial charge in [-0.1, -0.05) is 60.2 Å². The van der Waals surface area contributed by atoms with Gasteiger partial charge in [0, 0.05) is 26.7 Å². The van der Waals surface area contributed by atoms with Crippen LogP contribution in [0, 0.1) is 0 Å². The summed E-state index contributed by atoms with van der Waals surface area (Å²) in [5, 5.41) is 9.60. The van der Waals surface area contributed by atoms with Crippen molar-refractivity contribution in [1.29, 1.82) is 0 Å². The number of carbonyl (C=O) groups is 1. The zero-order valence-corrected chi connectivity index (χ0v) is 23.4. The topological polar surface area (TPSA) is 71.5 Å². The molecule has 1 saturated heterocycles. The van der Waals surface area contributed by atoms with E-state index < -0.39 is 0 Å². The van der Waals surface area contributed by atoms with Gasteiger partial charge in [0.05, 0.1) is 68.3 Å². The maximum atomic E-state index is 13.2. The number of rotatable bonds is 17. The Morgan fingerprint density at radius 1 is 1.19 bits per heavy atom. The first-order valence-electron chi connectivity index (χ1n) is 12.6. The Morgan fingerprint density at radius 2 is 1.92 bits per heavy atom. The molecule has 0 aliphatic carbocycles. The molecule has 0 unspecified atom stereocenters. The minimum Gasteiger partial charge on any atom is -0.394 e. The van der Waals surface area contributed by atoms with Gasteiger partial charge in [0.1, 0.15) is 0 Å². The number of hydrogen-bond acceptors (Lipinski definition) is 6. The molecule has 0 aromatic heterocycles. The molecule has 1 aromatic rings. The smallest absolute Gasteiger partial charge is 0.227 e. The molecular weight excluding hydrogens is 515 g/mol. The van der Waals surface area contributed by atoms with Crippen LogP contribution < -0.4 is 0 Å². The van der Waals surface area contributed by atoms with E-state index in [-0.39, 0.29) is 31.1 Å². The lowest BCUT2D eigenvalue weighted by Crippen LogP contribution is -2.46. The Hall–Kier alpha value is -1.71. The Morgan fingerprint density at radius 3 is 2.62 bits per heavy atom. The van der Waals surface area contributed by atoms with Crippen molar-refractivity contribution in [1.82, 2.24) is 9.80 Å². The molecule has 1 aromatic carbocycles. The van der Waals surface area contributed by atoms with Gasteiger partial charge in [-0.25, -0.2) is 0 Å². The number of likely N-dealkylation sites (N-methyl/N-ethyl adjacent to an activating group) is 1. The van der Waals surface area contributed by atoms with Gasteiger partial charge in [-0.05, 0) is 36.6 Å². The maximum Gasteiger partial charge on any atom is 0.227 e. The molecule has 1 aliphatic heterocycles. The second kappa shape index (κ2) is 17.7. The fourth-order valence-corrected chi connectivity index (χ4v) is 4.34. The SMILES string of the molecule is C=C(/C=C\C=C/C)[C@@H](CN1CC[C@H](OCCOCCOCCO)C1)N(C)C(=O)Cc1ccc(Cl)c(Cl)c1. The molecule has 0 radical (unpaired) electrons. The van der Waals surface area contributed by atoms with Crippen LogP contribution in [0.5, 0.6) is 0 Å². The van der Waals surface area contributed by atoms with Crippen molar-refractivity contribution >= 4 is 29.1 Å². The van der Waals surface area contributed by atoms with Crippen LogP contribution in [0.15, 0.2) is 54.7 Å². The fraction of sp³-hybridized carbons (Fsp3) is 0.536. The molecule has 206 valence electrons. The van der Waals surface area contributed by atoms with Crippen LogP contribution in [0.4, 0.5) is 0 Å². The lowest BCUT2D eigenvalue weighted by Gasteiger charge is -2.32. The number of aliphatic hydroxyl groups excluding tert-OH is 1. The standard InChI is InChI=1S/C28H40Cl2N2O5/c1-4-5-6-7-22(2)27(31(3)28(34)19-23-8-9-25(29)26(30)18-23)21-32-11-10-24(20-32)37-17-16-36-15-14-35-13-12-33/h4-9,18,24,27,33H,2,10-17,19-21H2,1,3H3/b5-4-,7-6-/t24-,27+/m0/s1. The fourth-order valence-electron chi connectivity index (χ4n) is 4.02. The first-order valence-corrected chi connectivity index (χ1v) is 13.4. The van der Waals surface area contributed by atoms with Crippen molar-refractivity contribution in [3.05, 3.63) is 70.3 Å². The molecule has 7 nitrogen and oxygen atoms in total. The summed E-state index contributed by atoms with van der Waals surface area (Å²) in [6.07, 6.45) is 9.07. The van der Waals surface area contributed by atoms with Crippen molar-refractivity contribution < 1.29 is 24.1 Å². The van der Waals surface area contributed by atoms with Crippen molar-refractivity contribution in [3.8, 4) is 0 Å². The average molecular weight is 556 g/mol. The highest BCUT2D eigenvalue weighted by molar-refractivity contribution is 6.42. The van der Waals surface area contributed by atoms with E-state index >= 15 is 0 Å². The van der Waals surface area contributed by atoms with E-state index in [1.54, 1.807) is 17.0 Å². The molecule has 37 heavy (non-hydrogen) atoms. The monoisotopic (exact) mass is 554 g/mol. The number of aliphatic hydroxyl groups is 1. The summed E-state index contributed by atoms with van der Waals surface area (Å²) in [5.74, 6) is -0.0175. The van der Waals surface area contributed by atoms with Crippen LogP contribution in [0.25, 0.3) is 0 Å². The molecule has 1 fully saturated rings. The van der Waals surface area contributed by atoms with Crippen LogP contribution in [-0.2, 0) is 25.4 Å². The molecule has 1 aliphatic rings. The normalized spacial score (nSPS) is 17.2. The summed E-state index contributed by atoms with van der Waals surface area (Å²) in [7, 11) is 1.82. The third-order valence-electron chi connectivity index (χ3n) is 6.09. The Bertz CT molecular complexity index is 909. The highest BCUT2D eigenvalue weighted by Gasteiger charge is 2.29. The second-order valence-corrected chi connectivity index (χ2v) is 9.71. The Balaban J connectivity index is 1.90. The zero-order chi connectivity index (χ0) is 27.0. The summed E-state index contributed by atoms with van der Waals surface area (Å²) >= 11 is 12.2. The number of allylic oxidation sites excluding steroid dienone is 3. The van der Waals surface area contributed by atoms with Gasteiger partial charge in [0.25, 0.3) is 0 Å². The molecule has 0 spiro atoms. The van der Waals surface area contributed by atoms with Gasteiger partial charge in [-0.15, -0.1) is 0 Å². The number of benzene rings is 1. The predicted octanol–water partition coefficient (Wildman–Crippen LogP) is 4.17. The number of ether oxygens (including phenoxy) is 3. The summed E-state index contributed by atoms with van der Waals surface area (Å²) in [4.78, 5) is 17.3. The van der Waals surface area contributed by atoms with Crippen LogP contribution in [0.3, 0.4) is 0 Å². The third kappa shape index (κ3) is 11.7. The van der Waals surface area contributed by atoms with Gasteiger partial charge < -0.3 is 24.2 Å². The van der Waals surface area contributed by atoms with E-state index in [0.717, 1.165) is 30.6 Å². The minimum absolute atomic E-state index is 0.0166. The number of amides is 1. The lowest BCUT2D eigenvalue weighted by atomic mass is 10.0. The quantitative estimate of drug-likeness (QED) is 0.230. The number of hydrogen-bond donors (Lipinski definition) is 1. The predicted molar refractivity (Wildman–Crippen MR) is 149 cm³/mol. The number of nitrogens with zero attached hydrogens (tertiary/aromatic N) is 2. The van der Waals surface area contributed by atoms with Crippen LogP contribution >= 0.6 is 23.2 Å². The highest BCUT2D eigenvalue weighted by atomic mass is 35.5. The lowest BCUT2D eigenvalue weighted by molar-refractivity contribution is -0.130. The largest absolute Gasteiger partial charge is 0.394 e. The van der Waals surface area contributed by atoms with Crippen molar-refractivity contribution in [3.63, 3.8) is 0 Å². The molecule has 9 heteroatoms. The van der Waals surface area contributed by atoms with Gasteiger partial charge in [-0.3, -0.25) is 9.69 Å². The second-order valence-electron chi connectivity index (χ2n) is 8.89. The number of carbonyl (C=O) groups excluding carboxylic acids is 1. The molecule has 1 N–H and O–H groups in total.